The van der Waals surface area contributed by atoms with Crippen LogP contribution in [0.4, 0.5) is 0 Å². The summed E-state index contributed by atoms with van der Waals surface area (Å²) in [7, 11) is -3.24. The molecule has 1 heterocycles. The summed E-state index contributed by atoms with van der Waals surface area (Å²) in [4.78, 5) is 0. The Bertz CT molecular complexity index is 595. The second-order valence-corrected chi connectivity index (χ2v) is 7.70. The van der Waals surface area contributed by atoms with Crippen molar-refractivity contribution in [2.24, 2.45) is 5.92 Å². The Morgan fingerprint density at radius 1 is 1.38 bits per heavy atom. The van der Waals surface area contributed by atoms with Crippen LogP contribution >= 0.6 is 23.2 Å². The van der Waals surface area contributed by atoms with Crippen molar-refractivity contribution in [2.75, 3.05) is 32.5 Å². The van der Waals surface area contributed by atoms with Gasteiger partial charge in [0.25, 0.3) is 0 Å². The summed E-state index contributed by atoms with van der Waals surface area (Å²) >= 11 is 12.0. The first kappa shape index (κ1) is 17.0. The Balaban J connectivity index is 2.20. The zero-order valence-corrected chi connectivity index (χ0v) is 13.9. The predicted molar refractivity (Wildman–Crippen MR) is 84.4 cm³/mol. The fraction of sp³-hybridized carbons (Fsp3) is 0.538. The van der Waals surface area contributed by atoms with Crippen LogP contribution in [0.2, 0.25) is 10.0 Å². The van der Waals surface area contributed by atoms with Gasteiger partial charge < -0.3 is 10.1 Å². The van der Waals surface area contributed by atoms with Crippen LogP contribution in [0.1, 0.15) is 11.7 Å². The lowest BCUT2D eigenvalue weighted by molar-refractivity contribution is 0.0322. The maximum absolute atomic E-state index is 11.3. The van der Waals surface area contributed by atoms with Crippen molar-refractivity contribution in [3.63, 3.8) is 0 Å². The Labute approximate surface area is 135 Å². The van der Waals surface area contributed by atoms with Gasteiger partial charge in [-0.25, -0.2) is 13.1 Å². The van der Waals surface area contributed by atoms with Crippen molar-refractivity contribution < 1.29 is 13.2 Å². The van der Waals surface area contributed by atoms with E-state index >= 15 is 0 Å². The third kappa shape index (κ3) is 5.09. The molecule has 2 rings (SSSR count). The molecule has 0 aliphatic carbocycles. The van der Waals surface area contributed by atoms with E-state index in [1.807, 2.05) is 6.07 Å². The molecule has 0 aromatic heterocycles. The third-order valence-corrected chi connectivity index (χ3v) is 4.72. The molecule has 1 saturated heterocycles. The number of sulfonamides is 1. The molecule has 1 aliphatic rings. The highest BCUT2D eigenvalue weighted by Crippen LogP contribution is 2.31. The van der Waals surface area contributed by atoms with Crippen molar-refractivity contribution in [2.45, 2.75) is 6.10 Å². The normalized spacial score (nSPS) is 23.8. The number of nitrogens with one attached hydrogen (secondary N) is 2. The summed E-state index contributed by atoms with van der Waals surface area (Å²) in [5, 5.41) is 4.19. The molecule has 1 aliphatic heterocycles. The molecular weight excluding hydrogens is 335 g/mol. The number of benzene rings is 1. The average Bonchev–Trinajstić information content (AvgIpc) is 2.64. The molecule has 21 heavy (non-hydrogen) atoms. The van der Waals surface area contributed by atoms with E-state index < -0.39 is 10.0 Å². The number of rotatable bonds is 4. The van der Waals surface area contributed by atoms with Gasteiger partial charge in [-0.3, -0.25) is 0 Å². The molecule has 0 radical (unpaired) electrons. The molecule has 2 atom stereocenters. The van der Waals surface area contributed by atoms with Gasteiger partial charge in [0.15, 0.2) is 0 Å². The highest BCUT2D eigenvalue weighted by molar-refractivity contribution is 7.88. The van der Waals surface area contributed by atoms with E-state index in [1.165, 1.54) is 0 Å². The van der Waals surface area contributed by atoms with Crippen LogP contribution in [0.15, 0.2) is 18.2 Å². The molecule has 0 amide bonds. The van der Waals surface area contributed by atoms with Gasteiger partial charge in [0, 0.05) is 25.6 Å². The zero-order chi connectivity index (χ0) is 15.5. The average molecular weight is 353 g/mol. The van der Waals surface area contributed by atoms with Gasteiger partial charge in [-0.1, -0.05) is 29.3 Å². The molecule has 5 nitrogen and oxygen atoms in total. The van der Waals surface area contributed by atoms with Gasteiger partial charge in [0.05, 0.1) is 29.0 Å². The van der Waals surface area contributed by atoms with E-state index in [9.17, 15) is 8.42 Å². The van der Waals surface area contributed by atoms with Crippen molar-refractivity contribution in [3.05, 3.63) is 33.8 Å². The van der Waals surface area contributed by atoms with Crippen LogP contribution in [0.5, 0.6) is 0 Å². The monoisotopic (exact) mass is 352 g/mol. The first-order valence-corrected chi connectivity index (χ1v) is 9.23. The van der Waals surface area contributed by atoms with Gasteiger partial charge in [0.2, 0.25) is 10.0 Å². The molecule has 0 spiro atoms. The highest BCUT2D eigenvalue weighted by Gasteiger charge is 2.27. The van der Waals surface area contributed by atoms with Crippen LogP contribution in [-0.2, 0) is 14.8 Å². The van der Waals surface area contributed by atoms with Crippen LogP contribution in [-0.4, -0.2) is 40.9 Å². The lowest BCUT2D eigenvalue weighted by atomic mass is 9.95. The Hall–Kier alpha value is -0.370. The van der Waals surface area contributed by atoms with E-state index in [1.54, 1.807) is 12.1 Å². The number of hydrogen-bond acceptors (Lipinski definition) is 4. The van der Waals surface area contributed by atoms with Crippen LogP contribution < -0.4 is 10.0 Å². The smallest absolute Gasteiger partial charge is 0.208 e. The summed E-state index contributed by atoms with van der Waals surface area (Å²) in [6.07, 6.45) is 0.913. The van der Waals surface area contributed by atoms with Crippen LogP contribution in [0.3, 0.4) is 0 Å². The lowest BCUT2D eigenvalue weighted by Gasteiger charge is -2.25. The predicted octanol–water partition coefficient (Wildman–Crippen LogP) is 1.82. The van der Waals surface area contributed by atoms with Gasteiger partial charge >= 0.3 is 0 Å². The van der Waals surface area contributed by atoms with E-state index in [0.717, 1.165) is 18.4 Å². The maximum atomic E-state index is 11.3. The fourth-order valence-corrected chi connectivity index (χ4v) is 3.11. The SMILES string of the molecule is CS(=O)(=O)NC[C@@H]1CNCCO[C@@H]1c1ccc(Cl)c(Cl)c1. The van der Waals surface area contributed by atoms with Crippen molar-refractivity contribution in [1.82, 2.24) is 10.0 Å². The van der Waals surface area contributed by atoms with Crippen molar-refractivity contribution in [1.29, 1.82) is 0 Å². The summed E-state index contributed by atoms with van der Waals surface area (Å²) in [6, 6.07) is 5.35. The summed E-state index contributed by atoms with van der Waals surface area (Å²) < 4.78 is 31.0. The first-order chi connectivity index (χ1) is 9.87. The van der Waals surface area contributed by atoms with Gasteiger partial charge in [0.1, 0.15) is 0 Å². The molecule has 0 saturated carbocycles. The minimum atomic E-state index is -3.24. The second kappa shape index (κ2) is 7.26. The van der Waals surface area contributed by atoms with Crippen LogP contribution in [0, 0.1) is 5.92 Å². The minimum absolute atomic E-state index is 0.0283. The van der Waals surface area contributed by atoms with E-state index in [4.69, 9.17) is 27.9 Å². The standard InChI is InChI=1S/C13H18Cl2N2O3S/c1-21(18,19)17-8-10-7-16-4-5-20-13(10)9-2-3-11(14)12(15)6-9/h2-3,6,10,13,16-17H,4-5,7-8H2,1H3/t10-,13+/m0/s1. The van der Waals surface area contributed by atoms with Crippen LogP contribution in [0.25, 0.3) is 0 Å². The molecule has 118 valence electrons. The first-order valence-electron chi connectivity index (χ1n) is 6.59. The molecular formula is C13H18Cl2N2O3S. The van der Waals surface area contributed by atoms with Crippen molar-refractivity contribution in [3.8, 4) is 0 Å². The number of halogens is 2. The molecule has 2 N–H and O–H groups in total. The Morgan fingerprint density at radius 2 is 2.14 bits per heavy atom. The van der Waals surface area contributed by atoms with Gasteiger partial charge in [-0.05, 0) is 17.7 Å². The van der Waals surface area contributed by atoms with E-state index in [0.29, 0.717) is 29.7 Å². The lowest BCUT2D eigenvalue weighted by Crippen LogP contribution is -2.36. The quantitative estimate of drug-likeness (QED) is 0.867. The maximum Gasteiger partial charge on any atom is 0.208 e. The third-order valence-electron chi connectivity index (χ3n) is 3.29. The number of hydrogen-bond donors (Lipinski definition) is 2. The summed E-state index contributed by atoms with van der Waals surface area (Å²) in [5.41, 5.74) is 0.897. The Kier molecular flexibility index (Phi) is 5.88. The van der Waals surface area contributed by atoms with Gasteiger partial charge in [-0.15, -0.1) is 0 Å². The number of ether oxygens (including phenoxy) is 1. The topological polar surface area (TPSA) is 67.4 Å². The summed E-state index contributed by atoms with van der Waals surface area (Å²) in [5.74, 6) is -0.0283. The molecule has 1 fully saturated rings. The Morgan fingerprint density at radius 3 is 2.81 bits per heavy atom. The molecule has 8 heteroatoms. The van der Waals surface area contributed by atoms with Crippen molar-refractivity contribution >= 4 is 33.2 Å². The highest BCUT2D eigenvalue weighted by atomic mass is 35.5. The van der Waals surface area contributed by atoms with E-state index in [-0.39, 0.29) is 12.0 Å². The van der Waals surface area contributed by atoms with E-state index in [2.05, 4.69) is 10.0 Å². The minimum Gasteiger partial charge on any atom is -0.372 e. The zero-order valence-electron chi connectivity index (χ0n) is 11.6. The molecule has 1 aromatic carbocycles. The molecule has 0 unspecified atom stereocenters. The summed E-state index contributed by atoms with van der Waals surface area (Å²) in [6.45, 7) is 2.25. The molecule has 0 bridgehead atoms. The second-order valence-electron chi connectivity index (χ2n) is 5.05. The van der Waals surface area contributed by atoms with Gasteiger partial charge in [-0.2, -0.15) is 0 Å². The largest absolute Gasteiger partial charge is 0.372 e. The molecule has 1 aromatic rings. The fourth-order valence-electron chi connectivity index (χ4n) is 2.28.